The highest BCUT2D eigenvalue weighted by Gasteiger charge is 2.03. The molecule has 0 bridgehead atoms. The van der Waals surface area contributed by atoms with Crippen LogP contribution in [0.5, 0.6) is 0 Å². The van der Waals surface area contributed by atoms with Gasteiger partial charge in [-0.15, -0.1) is 0 Å². The van der Waals surface area contributed by atoms with Crippen LogP contribution >= 0.6 is 11.8 Å². The van der Waals surface area contributed by atoms with Crippen LogP contribution in [0.15, 0.2) is 34.4 Å². The molecule has 0 unspecified atom stereocenters. The maximum Gasteiger partial charge on any atom is 0.102 e. The molecule has 0 N–H and O–H groups in total. The van der Waals surface area contributed by atoms with Crippen LogP contribution in [0.4, 0.5) is 0 Å². The third-order valence-electron chi connectivity index (χ3n) is 1.96. The molecule has 5 heteroatoms. The van der Waals surface area contributed by atoms with Crippen molar-refractivity contribution in [3.8, 4) is 6.07 Å². The lowest BCUT2D eigenvalue weighted by Crippen LogP contribution is -1.87. The Morgan fingerprint density at radius 2 is 2.25 bits per heavy atom. The van der Waals surface area contributed by atoms with Crippen molar-refractivity contribution in [2.45, 2.75) is 16.8 Å². The van der Waals surface area contributed by atoms with Gasteiger partial charge >= 0.3 is 0 Å². The Morgan fingerprint density at radius 1 is 1.44 bits per heavy atom. The highest BCUT2D eigenvalue weighted by Crippen LogP contribution is 2.26. The second kappa shape index (κ2) is 4.37. The molecule has 80 valence electrons. The van der Waals surface area contributed by atoms with Crippen LogP contribution in [0, 0.1) is 18.3 Å². The Balaban J connectivity index is 2.28. The third-order valence-corrected chi connectivity index (χ3v) is 2.83. The molecule has 0 spiro atoms. The van der Waals surface area contributed by atoms with Crippen LogP contribution < -0.4 is 0 Å². The molecule has 0 amide bonds. The van der Waals surface area contributed by atoms with Gasteiger partial charge in [-0.1, -0.05) is 11.8 Å². The zero-order chi connectivity index (χ0) is 11.5. The van der Waals surface area contributed by atoms with Gasteiger partial charge < -0.3 is 0 Å². The van der Waals surface area contributed by atoms with Crippen molar-refractivity contribution in [1.82, 2.24) is 14.8 Å². The number of rotatable bonds is 2. The number of aryl methyl sites for hydroxylation is 2. The predicted molar refractivity (Wildman–Crippen MR) is 61.0 cm³/mol. The highest BCUT2D eigenvalue weighted by atomic mass is 32.2. The molecular formula is C11H10N4S. The molecule has 0 saturated heterocycles. The summed E-state index contributed by atoms with van der Waals surface area (Å²) in [5, 5.41) is 13.8. The molecule has 0 aliphatic rings. The fourth-order valence-electron chi connectivity index (χ4n) is 1.33. The Morgan fingerprint density at radius 3 is 2.88 bits per heavy atom. The Bertz CT molecular complexity index is 553. The molecule has 2 heterocycles. The summed E-state index contributed by atoms with van der Waals surface area (Å²) >= 11 is 1.51. The van der Waals surface area contributed by atoms with Crippen LogP contribution in [0.3, 0.4) is 0 Å². The standard InChI is InChI=1S/C11H10N4S/c1-8-3-9(5-12)4-11(14-8)16-10-6-13-15(2)7-10/h3-4,6-7H,1-2H3. The summed E-state index contributed by atoms with van der Waals surface area (Å²) in [4.78, 5) is 5.38. The summed E-state index contributed by atoms with van der Waals surface area (Å²) in [5.41, 5.74) is 1.49. The number of hydrogen-bond acceptors (Lipinski definition) is 4. The highest BCUT2D eigenvalue weighted by molar-refractivity contribution is 7.99. The lowest BCUT2D eigenvalue weighted by atomic mass is 10.2. The topological polar surface area (TPSA) is 54.5 Å². The fourth-order valence-corrected chi connectivity index (χ4v) is 2.25. The van der Waals surface area contributed by atoms with Crippen molar-refractivity contribution in [1.29, 1.82) is 5.26 Å². The zero-order valence-corrected chi connectivity index (χ0v) is 9.82. The van der Waals surface area contributed by atoms with E-state index in [0.29, 0.717) is 5.56 Å². The van der Waals surface area contributed by atoms with Gasteiger partial charge in [-0.25, -0.2) is 4.98 Å². The van der Waals surface area contributed by atoms with Gasteiger partial charge in [0, 0.05) is 18.9 Å². The number of nitrogens with zero attached hydrogens (tertiary/aromatic N) is 4. The molecule has 2 aromatic heterocycles. The van der Waals surface area contributed by atoms with Gasteiger partial charge in [0.1, 0.15) is 5.03 Å². The quantitative estimate of drug-likeness (QED) is 0.793. The maximum absolute atomic E-state index is 8.85. The molecule has 2 rings (SSSR count). The van der Waals surface area contributed by atoms with Crippen molar-refractivity contribution in [3.63, 3.8) is 0 Å². The Kier molecular flexibility index (Phi) is 2.93. The van der Waals surface area contributed by atoms with E-state index in [4.69, 9.17) is 5.26 Å². The Hall–Kier alpha value is -1.80. The van der Waals surface area contributed by atoms with Crippen LogP contribution in [0.25, 0.3) is 0 Å². The van der Waals surface area contributed by atoms with Gasteiger partial charge in [0.2, 0.25) is 0 Å². The van der Waals surface area contributed by atoms with E-state index >= 15 is 0 Å². The second-order valence-electron chi connectivity index (χ2n) is 3.40. The first-order valence-electron chi connectivity index (χ1n) is 4.72. The molecule has 2 aromatic rings. The summed E-state index contributed by atoms with van der Waals surface area (Å²) in [5.74, 6) is 0. The first-order chi connectivity index (χ1) is 7.67. The van der Waals surface area contributed by atoms with Gasteiger partial charge in [-0.2, -0.15) is 10.4 Å². The number of hydrogen-bond donors (Lipinski definition) is 0. The van der Waals surface area contributed by atoms with Gasteiger partial charge in [-0.3, -0.25) is 4.68 Å². The SMILES string of the molecule is Cc1cc(C#N)cc(Sc2cnn(C)c2)n1. The van der Waals surface area contributed by atoms with Gasteiger partial charge in [0.05, 0.1) is 22.7 Å². The monoisotopic (exact) mass is 230 g/mol. The molecule has 0 saturated carbocycles. The first kappa shape index (κ1) is 10.7. The Labute approximate surface area is 97.9 Å². The number of pyridine rings is 1. The first-order valence-corrected chi connectivity index (χ1v) is 5.54. The van der Waals surface area contributed by atoms with Gasteiger partial charge in [-0.05, 0) is 19.1 Å². The predicted octanol–water partition coefficient (Wildman–Crippen LogP) is 2.15. The zero-order valence-electron chi connectivity index (χ0n) is 9.01. The summed E-state index contributed by atoms with van der Waals surface area (Å²) in [6, 6.07) is 5.68. The van der Waals surface area contributed by atoms with Crippen molar-refractivity contribution in [2.75, 3.05) is 0 Å². The van der Waals surface area contributed by atoms with Gasteiger partial charge in [0.25, 0.3) is 0 Å². The molecule has 0 radical (unpaired) electrons. The lowest BCUT2D eigenvalue weighted by Gasteiger charge is -2.00. The smallest absolute Gasteiger partial charge is 0.102 e. The van der Waals surface area contributed by atoms with Crippen LogP contribution in [0.2, 0.25) is 0 Å². The molecule has 0 fully saturated rings. The average molecular weight is 230 g/mol. The lowest BCUT2D eigenvalue weighted by molar-refractivity contribution is 0.766. The van der Waals surface area contributed by atoms with Crippen LogP contribution in [-0.2, 0) is 7.05 Å². The summed E-state index contributed by atoms with van der Waals surface area (Å²) in [7, 11) is 1.87. The van der Waals surface area contributed by atoms with E-state index in [0.717, 1.165) is 15.6 Å². The van der Waals surface area contributed by atoms with E-state index in [1.54, 1.807) is 23.0 Å². The van der Waals surface area contributed by atoms with Crippen molar-refractivity contribution >= 4 is 11.8 Å². The fraction of sp³-hybridized carbons (Fsp3) is 0.182. The molecule has 4 nitrogen and oxygen atoms in total. The minimum absolute atomic E-state index is 0.638. The average Bonchev–Trinajstić information content (AvgIpc) is 2.63. The molecule has 0 atom stereocenters. The summed E-state index contributed by atoms with van der Waals surface area (Å²) < 4.78 is 1.74. The van der Waals surface area contributed by atoms with E-state index in [1.807, 2.05) is 20.2 Å². The van der Waals surface area contributed by atoms with E-state index in [9.17, 15) is 0 Å². The van der Waals surface area contributed by atoms with E-state index < -0.39 is 0 Å². The van der Waals surface area contributed by atoms with Gasteiger partial charge in [0.15, 0.2) is 0 Å². The van der Waals surface area contributed by atoms with Crippen LogP contribution in [0.1, 0.15) is 11.3 Å². The second-order valence-corrected chi connectivity index (χ2v) is 4.49. The normalized spacial score (nSPS) is 10.1. The van der Waals surface area contributed by atoms with Crippen LogP contribution in [-0.4, -0.2) is 14.8 Å². The van der Waals surface area contributed by atoms with Crippen molar-refractivity contribution < 1.29 is 0 Å². The minimum atomic E-state index is 0.638. The van der Waals surface area contributed by atoms with Crippen molar-refractivity contribution in [2.24, 2.45) is 7.05 Å². The largest absolute Gasteiger partial charge is 0.275 e. The number of nitriles is 1. The molecule has 16 heavy (non-hydrogen) atoms. The molecule has 0 aromatic carbocycles. The molecular weight excluding hydrogens is 220 g/mol. The maximum atomic E-state index is 8.85. The minimum Gasteiger partial charge on any atom is -0.275 e. The van der Waals surface area contributed by atoms with E-state index in [2.05, 4.69) is 16.2 Å². The third kappa shape index (κ3) is 2.41. The van der Waals surface area contributed by atoms with E-state index in [1.165, 1.54) is 11.8 Å². The summed E-state index contributed by atoms with van der Waals surface area (Å²) in [6.45, 7) is 1.88. The summed E-state index contributed by atoms with van der Waals surface area (Å²) in [6.07, 6.45) is 3.70. The molecule has 0 aliphatic heterocycles. The van der Waals surface area contributed by atoms with E-state index in [-0.39, 0.29) is 0 Å². The molecule has 0 aliphatic carbocycles. The van der Waals surface area contributed by atoms with Crippen molar-refractivity contribution in [3.05, 3.63) is 35.8 Å². The number of aromatic nitrogens is 3.